The minimum Gasteiger partial charge on any atom is -0.756 e. The van der Waals surface area contributed by atoms with Crippen LogP contribution in [0.5, 0.6) is 0 Å². The summed E-state index contributed by atoms with van der Waals surface area (Å²) in [7, 11) is 1.20. The van der Waals surface area contributed by atoms with Gasteiger partial charge in [0.2, 0.25) is 5.91 Å². The second kappa shape index (κ2) is 42.7. The summed E-state index contributed by atoms with van der Waals surface area (Å²) in [5.74, 6) is -0.532. The number of hydrogen-bond acceptors (Lipinski definition) is 7. The van der Waals surface area contributed by atoms with Crippen LogP contribution in [0.2, 0.25) is 0 Å². The maximum atomic E-state index is 13.4. The number of unbranched alkanes of at least 4 members (excludes halogenated alkanes) is 31. The molecule has 0 saturated carbocycles. The third-order valence-electron chi connectivity index (χ3n) is 11.7. The van der Waals surface area contributed by atoms with Crippen molar-refractivity contribution in [2.75, 3.05) is 40.9 Å². The lowest BCUT2D eigenvalue weighted by atomic mass is 10.0. The number of amides is 1. The number of rotatable bonds is 47. The maximum Gasteiger partial charge on any atom is 0.306 e. The predicted octanol–water partition coefficient (Wildman–Crippen LogP) is 14.3. The Hall–Kier alpha value is -1.25. The van der Waals surface area contributed by atoms with Crippen LogP contribution >= 0.6 is 7.82 Å². The van der Waals surface area contributed by atoms with E-state index in [0.717, 1.165) is 57.8 Å². The molecule has 0 aliphatic heterocycles. The molecule has 3 atom stereocenters. The van der Waals surface area contributed by atoms with Gasteiger partial charge < -0.3 is 28.5 Å². The van der Waals surface area contributed by atoms with Crippen LogP contribution in [0.15, 0.2) is 12.2 Å². The molecule has 0 aliphatic rings. The van der Waals surface area contributed by atoms with Crippen molar-refractivity contribution in [2.24, 2.45) is 0 Å². The van der Waals surface area contributed by atoms with Crippen molar-refractivity contribution in [3.8, 4) is 0 Å². The van der Waals surface area contributed by atoms with Crippen molar-refractivity contribution in [3.63, 3.8) is 0 Å². The van der Waals surface area contributed by atoms with Crippen molar-refractivity contribution < 1.29 is 37.3 Å². The van der Waals surface area contributed by atoms with Crippen LogP contribution in [-0.2, 0) is 27.9 Å². The fraction of sp³-hybridized carbons (Fsp3) is 0.922. The number of likely N-dealkylation sites (N-methyl/N-ethyl adjacent to an activating group) is 1. The van der Waals surface area contributed by atoms with E-state index in [2.05, 4.69) is 26.1 Å². The number of nitrogens with zero attached hydrogens (tertiary/aromatic N) is 1. The Bertz CT molecular complexity index is 1070. The van der Waals surface area contributed by atoms with Gasteiger partial charge in [-0.25, -0.2) is 0 Å². The van der Waals surface area contributed by atoms with Crippen LogP contribution in [0.1, 0.15) is 252 Å². The van der Waals surface area contributed by atoms with Gasteiger partial charge in [-0.1, -0.05) is 219 Å². The topological polar surface area (TPSA) is 114 Å². The molecule has 0 spiro atoms. The van der Waals surface area contributed by atoms with Gasteiger partial charge in [-0.05, 0) is 31.8 Å². The third kappa shape index (κ3) is 43.8. The minimum absolute atomic E-state index is 0.0175. The molecule has 1 amide bonds. The van der Waals surface area contributed by atoms with Crippen molar-refractivity contribution in [3.05, 3.63) is 12.2 Å². The second-order valence-corrected chi connectivity index (χ2v) is 20.5. The van der Waals surface area contributed by atoms with E-state index in [4.69, 9.17) is 13.8 Å². The Balaban J connectivity index is 5.43. The van der Waals surface area contributed by atoms with Gasteiger partial charge in [0.25, 0.3) is 7.82 Å². The molecule has 0 saturated heterocycles. The zero-order valence-electron chi connectivity index (χ0n) is 41.1. The first kappa shape index (κ1) is 59.8. The SMILES string of the molecule is CCCCCCCCCCCCC/C=C/C(OC(=O)CCCCCCCCCCCCC)C(COP(=O)([O-])OCC[N+](C)(C)C)NC(=O)CCCCCCCCCCCCC. The molecule has 61 heavy (non-hydrogen) atoms. The van der Waals surface area contributed by atoms with E-state index < -0.39 is 20.0 Å². The van der Waals surface area contributed by atoms with Gasteiger partial charge in [0.05, 0.1) is 33.8 Å². The fourth-order valence-electron chi connectivity index (χ4n) is 7.64. The summed E-state index contributed by atoms with van der Waals surface area (Å²) in [4.78, 5) is 39.6. The van der Waals surface area contributed by atoms with Crippen LogP contribution in [-0.4, -0.2) is 69.4 Å². The number of carbonyl (C=O) groups is 2. The lowest BCUT2D eigenvalue weighted by Gasteiger charge is -2.30. The van der Waals surface area contributed by atoms with Crippen LogP contribution in [0.3, 0.4) is 0 Å². The molecule has 0 aromatic heterocycles. The molecule has 362 valence electrons. The summed E-state index contributed by atoms with van der Waals surface area (Å²) in [6, 6.07) is -0.876. The molecule has 0 aromatic carbocycles. The van der Waals surface area contributed by atoms with Crippen molar-refractivity contribution in [2.45, 2.75) is 264 Å². The number of hydrogen-bond donors (Lipinski definition) is 1. The lowest BCUT2D eigenvalue weighted by Crippen LogP contribution is -2.47. The molecule has 0 aliphatic carbocycles. The van der Waals surface area contributed by atoms with E-state index in [0.29, 0.717) is 17.4 Å². The van der Waals surface area contributed by atoms with Gasteiger partial charge in [-0.15, -0.1) is 0 Å². The highest BCUT2D eigenvalue weighted by atomic mass is 31.2. The van der Waals surface area contributed by atoms with E-state index in [-0.39, 0.29) is 31.5 Å². The van der Waals surface area contributed by atoms with Gasteiger partial charge in [-0.3, -0.25) is 14.2 Å². The van der Waals surface area contributed by atoms with Gasteiger partial charge in [-0.2, -0.15) is 0 Å². The molecular formula is C51H101N2O7P. The van der Waals surface area contributed by atoms with Gasteiger partial charge in [0.1, 0.15) is 19.3 Å². The Morgan fingerprint density at radius 1 is 0.557 bits per heavy atom. The van der Waals surface area contributed by atoms with Crippen molar-refractivity contribution in [1.82, 2.24) is 5.32 Å². The Morgan fingerprint density at radius 2 is 0.934 bits per heavy atom. The predicted molar refractivity (Wildman–Crippen MR) is 257 cm³/mol. The molecule has 0 bridgehead atoms. The first-order chi connectivity index (χ1) is 29.4. The highest BCUT2D eigenvalue weighted by molar-refractivity contribution is 7.45. The van der Waals surface area contributed by atoms with E-state index in [1.54, 1.807) is 0 Å². The van der Waals surface area contributed by atoms with Gasteiger partial charge >= 0.3 is 5.97 Å². The smallest absolute Gasteiger partial charge is 0.306 e. The molecule has 10 heteroatoms. The number of carbonyl (C=O) groups excluding carboxylic acids is 2. The van der Waals surface area contributed by atoms with Crippen molar-refractivity contribution in [1.29, 1.82) is 0 Å². The van der Waals surface area contributed by atoms with Crippen LogP contribution < -0.4 is 10.2 Å². The monoisotopic (exact) mass is 885 g/mol. The van der Waals surface area contributed by atoms with E-state index in [1.165, 1.54) is 161 Å². The standard InChI is InChI=1S/C51H101N2O7P/c1-7-10-13-16-19-22-25-26-29-30-33-36-39-42-49(60-51(55)44-41-38-35-32-28-24-21-18-15-12-9-3)48(47-59-61(56,57)58-46-45-53(4,5)6)52-50(54)43-40-37-34-31-27-23-20-17-14-11-8-2/h39,42,48-49H,7-38,40-41,43-47H2,1-6H3,(H-,52,54,56,57)/b42-39+. The Kier molecular flexibility index (Phi) is 41.8. The van der Waals surface area contributed by atoms with Crippen LogP contribution in [0, 0.1) is 0 Å². The summed E-state index contributed by atoms with van der Waals surface area (Å²) in [5, 5.41) is 3.01. The zero-order chi connectivity index (χ0) is 45.1. The van der Waals surface area contributed by atoms with E-state index >= 15 is 0 Å². The molecule has 0 heterocycles. The minimum atomic E-state index is -4.67. The molecular weight excluding hydrogens is 784 g/mol. The summed E-state index contributed by atoms with van der Waals surface area (Å²) >= 11 is 0. The maximum absolute atomic E-state index is 13.4. The van der Waals surface area contributed by atoms with Crippen LogP contribution in [0.4, 0.5) is 0 Å². The second-order valence-electron chi connectivity index (χ2n) is 19.0. The first-order valence-corrected chi connectivity index (χ1v) is 27.5. The summed E-state index contributed by atoms with van der Waals surface area (Å²) in [5.41, 5.74) is 0. The summed E-state index contributed by atoms with van der Waals surface area (Å²) in [6.07, 6.45) is 44.5. The number of esters is 1. The highest BCUT2D eigenvalue weighted by Crippen LogP contribution is 2.38. The van der Waals surface area contributed by atoms with E-state index in [9.17, 15) is 19.0 Å². The molecule has 1 N–H and O–H groups in total. The molecule has 0 rings (SSSR count). The Morgan fingerprint density at radius 3 is 1.34 bits per heavy atom. The van der Waals surface area contributed by atoms with E-state index in [1.807, 2.05) is 33.3 Å². The Labute approximate surface area is 378 Å². The summed E-state index contributed by atoms with van der Waals surface area (Å²) in [6.45, 7) is 6.83. The number of phosphoric acid groups is 1. The highest BCUT2D eigenvalue weighted by Gasteiger charge is 2.27. The normalized spacial score (nSPS) is 14.0. The molecule has 0 aromatic rings. The molecule has 0 radical (unpaired) electrons. The number of allylic oxidation sites excluding steroid dienone is 1. The largest absolute Gasteiger partial charge is 0.756 e. The average molecular weight is 885 g/mol. The zero-order valence-corrected chi connectivity index (χ0v) is 42.0. The van der Waals surface area contributed by atoms with Crippen molar-refractivity contribution >= 4 is 19.7 Å². The number of ether oxygens (including phenoxy) is 1. The first-order valence-electron chi connectivity index (χ1n) is 26.0. The fourth-order valence-corrected chi connectivity index (χ4v) is 8.36. The number of quaternary nitrogens is 1. The molecule has 9 nitrogen and oxygen atoms in total. The van der Waals surface area contributed by atoms with Gasteiger partial charge in [0, 0.05) is 12.8 Å². The van der Waals surface area contributed by atoms with Crippen LogP contribution in [0.25, 0.3) is 0 Å². The molecule has 0 fully saturated rings. The average Bonchev–Trinajstić information content (AvgIpc) is 3.21. The summed E-state index contributed by atoms with van der Waals surface area (Å²) < 4.78 is 30.1. The van der Waals surface area contributed by atoms with Gasteiger partial charge in [0.15, 0.2) is 0 Å². The lowest BCUT2D eigenvalue weighted by molar-refractivity contribution is -0.870. The molecule has 3 unspecified atom stereocenters. The number of nitrogens with one attached hydrogen (secondary N) is 1. The number of phosphoric ester groups is 1. The third-order valence-corrected chi connectivity index (χ3v) is 12.7. The quantitative estimate of drug-likeness (QED) is 0.0213.